The molecule has 1 aromatic heterocycles. The number of thiocarbonyl (C=S) groups is 1. The van der Waals surface area contributed by atoms with Crippen LogP contribution in [0.5, 0.6) is 5.75 Å². The highest BCUT2D eigenvalue weighted by molar-refractivity contribution is 8.26. The first-order chi connectivity index (χ1) is 19.2. The number of aromatic nitrogens is 1. The van der Waals surface area contributed by atoms with Crippen molar-refractivity contribution in [3.63, 3.8) is 0 Å². The molecule has 2 aliphatic rings. The lowest BCUT2D eigenvalue weighted by Gasteiger charge is -2.39. The summed E-state index contributed by atoms with van der Waals surface area (Å²) < 4.78 is 7.53. The molecule has 212 valence electrons. The normalized spacial score (nSPS) is 20.4. The SMILES string of the molecule is CCCCn1c(N2CC(C)CC(C)C2)c(/C=C2/SC(=S)N(CCc3ccc(OC)cc3)C2=O)c(C)c(C#N)c1=O. The highest BCUT2D eigenvalue weighted by Crippen LogP contribution is 2.37. The van der Waals surface area contributed by atoms with E-state index in [0.29, 0.717) is 46.1 Å². The number of hydrogen-bond donors (Lipinski definition) is 0. The minimum Gasteiger partial charge on any atom is -0.497 e. The van der Waals surface area contributed by atoms with Crippen molar-refractivity contribution in [2.24, 2.45) is 11.8 Å². The molecule has 0 radical (unpaired) electrons. The van der Waals surface area contributed by atoms with Crippen LogP contribution >= 0.6 is 24.0 Å². The summed E-state index contributed by atoms with van der Waals surface area (Å²) in [5.41, 5.74) is 2.36. The van der Waals surface area contributed by atoms with Crippen LogP contribution in [0.1, 0.15) is 62.3 Å². The second kappa shape index (κ2) is 13.0. The predicted octanol–water partition coefficient (Wildman–Crippen LogP) is 5.76. The van der Waals surface area contributed by atoms with Crippen LogP contribution < -0.4 is 15.2 Å². The van der Waals surface area contributed by atoms with Crippen LogP contribution in [0.15, 0.2) is 34.0 Å². The van der Waals surface area contributed by atoms with Crippen LogP contribution in [0.3, 0.4) is 0 Å². The average Bonchev–Trinajstić information content (AvgIpc) is 3.19. The first-order valence-electron chi connectivity index (χ1n) is 14.0. The molecular formula is C31H38N4O3S2. The number of hydrogen-bond acceptors (Lipinski definition) is 7. The summed E-state index contributed by atoms with van der Waals surface area (Å²) in [5.74, 6) is 2.41. The van der Waals surface area contributed by atoms with Crippen molar-refractivity contribution in [2.75, 3.05) is 31.6 Å². The summed E-state index contributed by atoms with van der Waals surface area (Å²) in [5, 5.41) is 9.96. The summed E-state index contributed by atoms with van der Waals surface area (Å²) in [6.07, 6.45) is 5.42. The number of carbonyl (C=O) groups is 1. The van der Waals surface area contributed by atoms with E-state index >= 15 is 0 Å². The van der Waals surface area contributed by atoms with E-state index in [1.165, 1.54) is 11.8 Å². The van der Waals surface area contributed by atoms with Gasteiger partial charge in [0.2, 0.25) is 0 Å². The van der Waals surface area contributed by atoms with Crippen LogP contribution in [0, 0.1) is 30.1 Å². The van der Waals surface area contributed by atoms with Gasteiger partial charge in [-0.1, -0.05) is 63.3 Å². The lowest BCUT2D eigenvalue weighted by atomic mass is 9.91. The molecular weight excluding hydrogens is 541 g/mol. The molecule has 0 aliphatic carbocycles. The Morgan fingerprint density at radius 3 is 2.42 bits per heavy atom. The zero-order valence-electron chi connectivity index (χ0n) is 24.0. The van der Waals surface area contributed by atoms with Gasteiger partial charge in [0.1, 0.15) is 27.5 Å². The monoisotopic (exact) mass is 578 g/mol. The largest absolute Gasteiger partial charge is 0.497 e. The van der Waals surface area contributed by atoms with Crippen molar-refractivity contribution in [3.8, 4) is 11.8 Å². The van der Waals surface area contributed by atoms with Gasteiger partial charge in [-0.3, -0.25) is 19.1 Å². The van der Waals surface area contributed by atoms with Crippen molar-refractivity contribution in [1.82, 2.24) is 9.47 Å². The summed E-state index contributed by atoms with van der Waals surface area (Å²) >= 11 is 6.91. The molecule has 2 aliphatic heterocycles. The zero-order chi connectivity index (χ0) is 29.0. The molecule has 2 aromatic rings. The Balaban J connectivity index is 1.74. The lowest BCUT2D eigenvalue weighted by Crippen LogP contribution is -2.43. The third kappa shape index (κ3) is 6.29. The fourth-order valence-corrected chi connectivity index (χ4v) is 6.99. The smallest absolute Gasteiger partial charge is 0.270 e. The third-order valence-corrected chi connectivity index (χ3v) is 9.06. The van der Waals surface area contributed by atoms with Gasteiger partial charge in [-0.25, -0.2) is 0 Å². The number of benzene rings is 1. The Bertz CT molecular complexity index is 1400. The predicted molar refractivity (Wildman–Crippen MR) is 167 cm³/mol. The number of piperidine rings is 1. The van der Waals surface area contributed by atoms with E-state index in [0.717, 1.165) is 55.0 Å². The molecule has 1 amide bonds. The summed E-state index contributed by atoms with van der Waals surface area (Å²) in [6, 6.07) is 9.95. The van der Waals surface area contributed by atoms with Gasteiger partial charge >= 0.3 is 0 Å². The molecule has 0 spiro atoms. The van der Waals surface area contributed by atoms with Crippen LogP contribution in [-0.2, 0) is 17.8 Å². The highest BCUT2D eigenvalue weighted by atomic mass is 32.2. The average molecular weight is 579 g/mol. The number of nitrogens with zero attached hydrogens (tertiary/aromatic N) is 4. The van der Waals surface area contributed by atoms with Crippen molar-refractivity contribution >= 4 is 46.1 Å². The van der Waals surface area contributed by atoms with E-state index in [2.05, 4.69) is 31.7 Å². The van der Waals surface area contributed by atoms with Crippen LogP contribution in [-0.4, -0.2) is 46.4 Å². The quantitative estimate of drug-likeness (QED) is 0.276. The van der Waals surface area contributed by atoms with Crippen molar-refractivity contribution in [1.29, 1.82) is 5.26 Å². The molecule has 3 heterocycles. The summed E-state index contributed by atoms with van der Waals surface area (Å²) in [7, 11) is 1.64. The van der Waals surface area contributed by atoms with Gasteiger partial charge in [-0.05, 0) is 67.4 Å². The number of amides is 1. The fraction of sp³-hybridized carbons (Fsp3) is 0.484. The molecule has 1 aromatic carbocycles. The number of methoxy groups -OCH3 is 1. The van der Waals surface area contributed by atoms with Gasteiger partial charge in [0, 0.05) is 31.7 Å². The molecule has 0 bridgehead atoms. The van der Waals surface area contributed by atoms with E-state index in [1.807, 2.05) is 37.3 Å². The topological polar surface area (TPSA) is 78.6 Å². The van der Waals surface area contributed by atoms with Gasteiger partial charge in [0.15, 0.2) is 0 Å². The van der Waals surface area contributed by atoms with Gasteiger partial charge in [-0.15, -0.1) is 0 Å². The molecule has 9 heteroatoms. The van der Waals surface area contributed by atoms with Gasteiger partial charge in [0.25, 0.3) is 11.5 Å². The molecule has 2 unspecified atom stereocenters. The highest BCUT2D eigenvalue weighted by Gasteiger charge is 2.34. The third-order valence-electron chi connectivity index (χ3n) is 7.68. The molecule has 0 N–H and O–H groups in total. The summed E-state index contributed by atoms with van der Waals surface area (Å²) in [6.45, 7) is 11.0. The number of unbranched alkanes of at least 4 members (excludes halogenated alkanes) is 1. The Morgan fingerprint density at radius 1 is 1.15 bits per heavy atom. The van der Waals surface area contributed by atoms with Crippen molar-refractivity contribution < 1.29 is 9.53 Å². The number of rotatable bonds is 9. The Morgan fingerprint density at radius 2 is 1.82 bits per heavy atom. The zero-order valence-corrected chi connectivity index (χ0v) is 25.7. The van der Waals surface area contributed by atoms with E-state index in [1.54, 1.807) is 16.6 Å². The van der Waals surface area contributed by atoms with E-state index < -0.39 is 0 Å². The number of pyridine rings is 1. The first-order valence-corrected chi connectivity index (χ1v) is 15.2. The lowest BCUT2D eigenvalue weighted by molar-refractivity contribution is -0.122. The number of nitriles is 1. The summed E-state index contributed by atoms with van der Waals surface area (Å²) in [4.78, 5) is 31.6. The minimum atomic E-state index is -0.251. The number of anilines is 1. The maximum Gasteiger partial charge on any atom is 0.270 e. The number of ether oxygens (including phenoxy) is 1. The van der Waals surface area contributed by atoms with E-state index in [4.69, 9.17) is 17.0 Å². The van der Waals surface area contributed by atoms with Crippen LogP contribution in [0.25, 0.3) is 6.08 Å². The van der Waals surface area contributed by atoms with E-state index in [-0.39, 0.29) is 17.0 Å². The number of thioether (sulfide) groups is 1. The maximum atomic E-state index is 13.6. The molecule has 7 nitrogen and oxygen atoms in total. The molecule has 4 rings (SSSR count). The molecule has 2 fully saturated rings. The van der Waals surface area contributed by atoms with Crippen molar-refractivity contribution in [2.45, 2.75) is 59.9 Å². The second-order valence-corrected chi connectivity index (χ2v) is 12.6. The molecule has 2 atom stereocenters. The molecule has 40 heavy (non-hydrogen) atoms. The molecule has 2 saturated heterocycles. The van der Waals surface area contributed by atoms with Crippen molar-refractivity contribution in [3.05, 3.63) is 61.8 Å². The second-order valence-electron chi connectivity index (χ2n) is 10.9. The van der Waals surface area contributed by atoms with Crippen LogP contribution in [0.2, 0.25) is 0 Å². The van der Waals surface area contributed by atoms with E-state index in [9.17, 15) is 14.9 Å². The standard InChI is InChI=1S/C31H38N4O3S2/c1-6-7-13-34-28(33-18-20(2)15-21(3)19-33)25(22(4)26(17-32)29(34)36)16-27-30(37)35(31(39)40-27)14-12-23-8-10-24(38-5)11-9-23/h8-11,16,20-21H,6-7,12-15,18-19H2,1-5H3/b27-16+. The maximum absolute atomic E-state index is 13.6. The first kappa shape index (κ1) is 29.9. The minimum absolute atomic E-state index is 0.138. The Hall–Kier alpha value is -3.09. The Kier molecular flexibility index (Phi) is 9.75. The number of carbonyl (C=O) groups excluding carboxylic acids is 1. The van der Waals surface area contributed by atoms with Crippen LogP contribution in [0.4, 0.5) is 5.82 Å². The Labute approximate surface area is 246 Å². The molecule has 0 saturated carbocycles. The van der Waals surface area contributed by atoms with Gasteiger partial charge < -0.3 is 9.64 Å². The van der Waals surface area contributed by atoms with Gasteiger partial charge in [-0.2, -0.15) is 5.26 Å². The fourth-order valence-electron chi connectivity index (χ4n) is 5.70. The van der Waals surface area contributed by atoms with Gasteiger partial charge in [0.05, 0.1) is 12.0 Å².